The molecule has 0 spiro atoms. The van der Waals surface area contributed by atoms with Gasteiger partial charge in [-0.1, -0.05) is 41.9 Å². The summed E-state index contributed by atoms with van der Waals surface area (Å²) in [5, 5.41) is 14.2. The predicted octanol–water partition coefficient (Wildman–Crippen LogP) is 5.80. The molecule has 0 saturated carbocycles. The van der Waals surface area contributed by atoms with Crippen LogP contribution in [0.25, 0.3) is 17.1 Å². The number of carboxylic acid groups (broad SMARTS) is 1. The highest BCUT2D eigenvalue weighted by Gasteiger charge is 2.26. The average molecular weight is 589 g/mol. The number of nitrogens with zero attached hydrogens (tertiary/aromatic N) is 4. The van der Waals surface area contributed by atoms with E-state index in [9.17, 15) is 9.90 Å². The molecular weight excluding hydrogens is 556 g/mol. The predicted molar refractivity (Wildman–Crippen MR) is 159 cm³/mol. The van der Waals surface area contributed by atoms with E-state index in [1.165, 1.54) is 22.0 Å². The second kappa shape index (κ2) is 12.5. The summed E-state index contributed by atoms with van der Waals surface area (Å²) >= 11 is 6.64. The quantitative estimate of drug-likeness (QED) is 0.262. The maximum atomic E-state index is 11.7. The molecule has 10 heteroatoms. The van der Waals surface area contributed by atoms with Crippen molar-refractivity contribution in [3.05, 3.63) is 88.1 Å². The first-order valence-electron chi connectivity index (χ1n) is 14.3. The molecule has 42 heavy (non-hydrogen) atoms. The van der Waals surface area contributed by atoms with Crippen LogP contribution in [-0.4, -0.2) is 63.1 Å². The van der Waals surface area contributed by atoms with Gasteiger partial charge in [0.05, 0.1) is 23.5 Å². The third-order valence-electron chi connectivity index (χ3n) is 7.83. The molecular formula is C32H33ClN4O5. The SMILES string of the molecule is CCOc1c(C(=O)O)cnn1-c1cccc(-c2cccc(Cl)c2OCc2ccc3c(c2)CCN(C2CCOCC2)C3)n1. The maximum Gasteiger partial charge on any atom is 0.342 e. The molecule has 4 heterocycles. The van der Waals surface area contributed by atoms with Gasteiger partial charge in [-0.25, -0.2) is 9.78 Å². The normalized spacial score (nSPS) is 15.8. The Kier molecular flexibility index (Phi) is 8.41. The van der Waals surface area contributed by atoms with Crippen molar-refractivity contribution in [2.45, 2.75) is 45.4 Å². The number of carbonyl (C=O) groups is 1. The molecule has 2 aliphatic rings. The van der Waals surface area contributed by atoms with Crippen LogP contribution in [0.3, 0.4) is 0 Å². The van der Waals surface area contributed by atoms with Crippen molar-refractivity contribution in [2.75, 3.05) is 26.4 Å². The van der Waals surface area contributed by atoms with Gasteiger partial charge >= 0.3 is 5.97 Å². The number of aromatic nitrogens is 3. The molecule has 218 valence electrons. The molecule has 0 amide bonds. The number of pyridine rings is 1. The van der Waals surface area contributed by atoms with Crippen LogP contribution in [0.2, 0.25) is 5.02 Å². The zero-order valence-corrected chi connectivity index (χ0v) is 24.2. The van der Waals surface area contributed by atoms with Crippen LogP contribution in [0, 0.1) is 0 Å². The smallest absolute Gasteiger partial charge is 0.342 e. The first-order chi connectivity index (χ1) is 20.5. The number of hydrogen-bond donors (Lipinski definition) is 1. The Morgan fingerprint density at radius 1 is 1.10 bits per heavy atom. The Hall–Kier alpha value is -3.92. The van der Waals surface area contributed by atoms with Crippen molar-refractivity contribution < 1.29 is 24.1 Å². The lowest BCUT2D eigenvalue weighted by atomic mass is 9.95. The van der Waals surface area contributed by atoms with Gasteiger partial charge in [-0.05, 0) is 67.1 Å². The lowest BCUT2D eigenvalue weighted by Crippen LogP contribution is -2.42. The molecule has 0 unspecified atom stereocenters. The zero-order chi connectivity index (χ0) is 29.1. The van der Waals surface area contributed by atoms with Crippen LogP contribution in [0.15, 0.2) is 60.8 Å². The number of ether oxygens (including phenoxy) is 3. The van der Waals surface area contributed by atoms with Crippen molar-refractivity contribution >= 4 is 17.6 Å². The fraction of sp³-hybridized carbons (Fsp3) is 0.344. The molecule has 1 fully saturated rings. The number of rotatable bonds is 9. The Balaban J connectivity index is 1.22. The number of hydrogen-bond acceptors (Lipinski definition) is 7. The molecule has 0 radical (unpaired) electrons. The molecule has 6 rings (SSSR count). The Morgan fingerprint density at radius 2 is 1.93 bits per heavy atom. The number of halogens is 1. The minimum atomic E-state index is -1.12. The van der Waals surface area contributed by atoms with Gasteiger partial charge in [-0.3, -0.25) is 4.90 Å². The number of benzene rings is 2. The maximum absolute atomic E-state index is 11.7. The fourth-order valence-electron chi connectivity index (χ4n) is 5.71. The van der Waals surface area contributed by atoms with E-state index in [1.807, 2.05) is 24.3 Å². The monoisotopic (exact) mass is 588 g/mol. The first-order valence-corrected chi connectivity index (χ1v) is 14.6. The van der Waals surface area contributed by atoms with Crippen LogP contribution in [-0.2, 0) is 24.3 Å². The number of carboxylic acids is 1. The minimum Gasteiger partial charge on any atom is -0.487 e. The van der Waals surface area contributed by atoms with Crippen molar-refractivity contribution in [3.63, 3.8) is 0 Å². The number of fused-ring (bicyclic) bond motifs is 1. The Bertz CT molecular complexity index is 1580. The summed E-state index contributed by atoms with van der Waals surface area (Å²) in [5.74, 6) is -0.0477. The van der Waals surface area contributed by atoms with Crippen molar-refractivity contribution in [1.82, 2.24) is 19.7 Å². The van der Waals surface area contributed by atoms with E-state index in [-0.39, 0.29) is 18.1 Å². The lowest BCUT2D eigenvalue weighted by Gasteiger charge is -2.37. The van der Waals surface area contributed by atoms with Crippen LogP contribution >= 0.6 is 11.6 Å². The van der Waals surface area contributed by atoms with E-state index in [0.29, 0.717) is 34.9 Å². The molecule has 1 N–H and O–H groups in total. The van der Waals surface area contributed by atoms with E-state index in [2.05, 4.69) is 28.2 Å². The summed E-state index contributed by atoms with van der Waals surface area (Å²) in [4.78, 5) is 19.0. The van der Waals surface area contributed by atoms with Crippen molar-refractivity contribution in [2.24, 2.45) is 0 Å². The Labute approximate surface area is 249 Å². The second-order valence-corrected chi connectivity index (χ2v) is 10.9. The largest absolute Gasteiger partial charge is 0.487 e. The van der Waals surface area contributed by atoms with Gasteiger partial charge in [0.1, 0.15) is 17.9 Å². The highest BCUT2D eigenvalue weighted by molar-refractivity contribution is 6.32. The van der Waals surface area contributed by atoms with Crippen LogP contribution in [0.5, 0.6) is 11.6 Å². The van der Waals surface area contributed by atoms with Gasteiger partial charge in [-0.15, -0.1) is 0 Å². The molecule has 0 atom stereocenters. The summed E-state index contributed by atoms with van der Waals surface area (Å²) < 4.78 is 18.9. The van der Waals surface area contributed by atoms with E-state index < -0.39 is 5.97 Å². The molecule has 1 saturated heterocycles. The first kappa shape index (κ1) is 28.2. The van der Waals surface area contributed by atoms with Crippen molar-refractivity contribution in [1.29, 1.82) is 0 Å². The van der Waals surface area contributed by atoms with Crippen LogP contribution in [0.1, 0.15) is 46.8 Å². The zero-order valence-electron chi connectivity index (χ0n) is 23.5. The van der Waals surface area contributed by atoms with Gasteiger partial charge in [0.2, 0.25) is 5.88 Å². The van der Waals surface area contributed by atoms with E-state index in [4.69, 9.17) is 30.8 Å². The Morgan fingerprint density at radius 3 is 2.74 bits per heavy atom. The van der Waals surface area contributed by atoms with Crippen LogP contribution in [0.4, 0.5) is 0 Å². The topological polar surface area (TPSA) is 98.9 Å². The molecule has 0 aliphatic carbocycles. The summed E-state index contributed by atoms with van der Waals surface area (Å²) in [5.41, 5.74) is 5.14. The average Bonchev–Trinajstić information content (AvgIpc) is 3.45. The minimum absolute atomic E-state index is 0.0304. The fourth-order valence-corrected chi connectivity index (χ4v) is 5.94. The summed E-state index contributed by atoms with van der Waals surface area (Å²) in [6.45, 7) is 6.19. The van der Waals surface area contributed by atoms with E-state index in [1.54, 1.807) is 19.1 Å². The van der Waals surface area contributed by atoms with E-state index in [0.717, 1.165) is 56.7 Å². The van der Waals surface area contributed by atoms with Crippen LogP contribution < -0.4 is 9.47 Å². The molecule has 0 bridgehead atoms. The molecule has 2 aliphatic heterocycles. The van der Waals surface area contributed by atoms with Gasteiger partial charge in [-0.2, -0.15) is 9.78 Å². The number of para-hydroxylation sites is 1. The van der Waals surface area contributed by atoms with E-state index >= 15 is 0 Å². The van der Waals surface area contributed by atoms with Gasteiger partial charge in [0, 0.05) is 37.9 Å². The molecule has 2 aromatic carbocycles. The third kappa shape index (κ3) is 5.86. The third-order valence-corrected chi connectivity index (χ3v) is 8.13. The highest BCUT2D eigenvalue weighted by Crippen LogP contribution is 2.37. The molecule has 4 aromatic rings. The number of aromatic carboxylic acids is 1. The molecule has 2 aromatic heterocycles. The molecule has 9 nitrogen and oxygen atoms in total. The standard InChI is InChI=1S/C32H33ClN4O5/c1-2-41-31-26(32(38)39)18-34-37(31)29-8-4-7-28(35-29)25-5-3-6-27(33)30(25)42-20-21-9-10-23-19-36(14-11-22(23)17-21)24-12-15-40-16-13-24/h3-10,17-18,24H,2,11-16,19-20H2,1H3,(H,38,39). The van der Waals surface area contributed by atoms with Gasteiger partial charge < -0.3 is 19.3 Å². The van der Waals surface area contributed by atoms with Gasteiger partial charge in [0.15, 0.2) is 5.82 Å². The summed E-state index contributed by atoms with van der Waals surface area (Å²) in [6.07, 6.45) is 4.50. The highest BCUT2D eigenvalue weighted by atomic mass is 35.5. The lowest BCUT2D eigenvalue weighted by molar-refractivity contribution is 0.0290. The summed E-state index contributed by atoms with van der Waals surface area (Å²) in [6, 6.07) is 18.2. The van der Waals surface area contributed by atoms with Crippen molar-refractivity contribution in [3.8, 4) is 28.7 Å². The summed E-state index contributed by atoms with van der Waals surface area (Å²) in [7, 11) is 0. The van der Waals surface area contributed by atoms with Gasteiger partial charge in [0.25, 0.3) is 0 Å². The second-order valence-electron chi connectivity index (χ2n) is 10.5.